The quantitative estimate of drug-likeness (QED) is 0.841. The molecule has 0 bridgehead atoms. The summed E-state index contributed by atoms with van der Waals surface area (Å²) in [6.45, 7) is 4.59. The summed E-state index contributed by atoms with van der Waals surface area (Å²) in [6, 6.07) is 6.03. The third-order valence-electron chi connectivity index (χ3n) is 3.35. The molecule has 0 saturated carbocycles. The second kappa shape index (κ2) is 6.80. The molecule has 0 aliphatic carbocycles. The molecule has 2 aromatic rings. The van der Waals surface area contributed by atoms with Gasteiger partial charge in [0.1, 0.15) is 0 Å². The van der Waals surface area contributed by atoms with Crippen molar-refractivity contribution in [1.29, 1.82) is 0 Å². The Labute approximate surface area is 129 Å². The second-order valence-electron chi connectivity index (χ2n) is 5.03. The molecule has 0 atom stereocenters. The van der Waals surface area contributed by atoms with Crippen molar-refractivity contribution in [3.8, 4) is 22.8 Å². The van der Waals surface area contributed by atoms with E-state index in [0.717, 1.165) is 40.9 Å². The Morgan fingerprint density at radius 1 is 1.24 bits per heavy atom. The molecule has 3 rings (SSSR count). The first-order valence-electron chi connectivity index (χ1n) is 7.46. The Morgan fingerprint density at radius 2 is 2.10 bits per heavy atom. The van der Waals surface area contributed by atoms with E-state index in [1.54, 1.807) is 11.3 Å². The number of hydrogen-bond acceptors (Lipinski definition) is 5. The minimum Gasteiger partial charge on any atom is -0.490 e. The zero-order chi connectivity index (χ0) is 14.5. The zero-order valence-corrected chi connectivity index (χ0v) is 13.0. The van der Waals surface area contributed by atoms with Crippen LogP contribution in [0.25, 0.3) is 11.3 Å². The van der Waals surface area contributed by atoms with Crippen molar-refractivity contribution in [2.45, 2.75) is 26.2 Å². The topological polar surface area (TPSA) is 43.4 Å². The van der Waals surface area contributed by atoms with Crippen molar-refractivity contribution in [3.05, 3.63) is 23.6 Å². The molecule has 1 aliphatic rings. The van der Waals surface area contributed by atoms with E-state index in [1.165, 1.54) is 12.8 Å². The van der Waals surface area contributed by atoms with Crippen LogP contribution in [-0.2, 0) is 0 Å². The Balaban J connectivity index is 1.76. The normalized spacial score (nSPS) is 13.8. The Hall–Kier alpha value is -1.75. The molecule has 4 nitrogen and oxygen atoms in total. The second-order valence-corrected chi connectivity index (χ2v) is 5.89. The molecule has 1 N–H and O–H groups in total. The lowest BCUT2D eigenvalue weighted by Gasteiger charge is -2.08. The summed E-state index contributed by atoms with van der Waals surface area (Å²) in [7, 11) is 0. The van der Waals surface area contributed by atoms with E-state index >= 15 is 0 Å². The van der Waals surface area contributed by atoms with E-state index in [1.807, 2.05) is 18.2 Å². The van der Waals surface area contributed by atoms with Crippen LogP contribution in [0.1, 0.15) is 26.2 Å². The van der Waals surface area contributed by atoms with Crippen molar-refractivity contribution in [2.24, 2.45) is 0 Å². The molecule has 0 amide bonds. The first kappa shape index (κ1) is 14.2. The molecule has 21 heavy (non-hydrogen) atoms. The van der Waals surface area contributed by atoms with Crippen LogP contribution in [0.2, 0.25) is 0 Å². The van der Waals surface area contributed by atoms with Gasteiger partial charge in [0.25, 0.3) is 0 Å². The summed E-state index contributed by atoms with van der Waals surface area (Å²) in [4.78, 5) is 4.64. The monoisotopic (exact) mass is 304 g/mol. The highest BCUT2D eigenvalue weighted by Gasteiger charge is 2.12. The highest BCUT2D eigenvalue weighted by Crippen LogP contribution is 2.35. The number of nitrogens with one attached hydrogen (secondary N) is 1. The van der Waals surface area contributed by atoms with Gasteiger partial charge in [-0.25, -0.2) is 4.98 Å². The summed E-state index contributed by atoms with van der Waals surface area (Å²) < 4.78 is 11.4. The molecular formula is C16H20N2O2S. The first-order valence-corrected chi connectivity index (χ1v) is 8.34. The lowest BCUT2D eigenvalue weighted by Crippen LogP contribution is -1.99. The van der Waals surface area contributed by atoms with E-state index in [-0.39, 0.29) is 0 Å². The highest BCUT2D eigenvalue weighted by molar-refractivity contribution is 7.14. The Kier molecular flexibility index (Phi) is 4.60. The lowest BCUT2D eigenvalue weighted by atomic mass is 10.1. The van der Waals surface area contributed by atoms with Gasteiger partial charge in [-0.1, -0.05) is 13.3 Å². The number of nitrogens with zero attached hydrogens (tertiary/aromatic N) is 1. The van der Waals surface area contributed by atoms with Crippen LogP contribution in [0.5, 0.6) is 11.5 Å². The van der Waals surface area contributed by atoms with Gasteiger partial charge in [-0.15, -0.1) is 11.3 Å². The fourth-order valence-electron chi connectivity index (χ4n) is 2.18. The predicted octanol–water partition coefficient (Wildman–Crippen LogP) is 4.18. The minimum atomic E-state index is 0.706. The molecule has 0 radical (unpaired) electrons. The zero-order valence-electron chi connectivity index (χ0n) is 12.2. The van der Waals surface area contributed by atoms with Gasteiger partial charge >= 0.3 is 0 Å². The third kappa shape index (κ3) is 3.47. The molecule has 5 heteroatoms. The molecule has 1 aromatic carbocycles. The van der Waals surface area contributed by atoms with Crippen molar-refractivity contribution in [2.75, 3.05) is 25.1 Å². The average Bonchev–Trinajstić information content (AvgIpc) is 2.85. The van der Waals surface area contributed by atoms with Crippen molar-refractivity contribution in [1.82, 2.24) is 4.98 Å². The fraction of sp³-hybridized carbons (Fsp3) is 0.438. The fourth-order valence-corrected chi connectivity index (χ4v) is 2.93. The summed E-state index contributed by atoms with van der Waals surface area (Å²) in [5, 5.41) is 6.41. The molecule has 0 unspecified atom stereocenters. The number of fused-ring (bicyclic) bond motifs is 1. The molecular weight excluding hydrogens is 284 g/mol. The largest absolute Gasteiger partial charge is 0.490 e. The van der Waals surface area contributed by atoms with Gasteiger partial charge in [0.15, 0.2) is 16.6 Å². The number of benzene rings is 1. The van der Waals surface area contributed by atoms with E-state index in [9.17, 15) is 0 Å². The molecule has 0 fully saturated rings. The van der Waals surface area contributed by atoms with E-state index in [4.69, 9.17) is 9.47 Å². The SMILES string of the molecule is CCCCNc1nc(-c2ccc3c(c2)OCCCO3)cs1. The number of rotatable bonds is 5. The van der Waals surface area contributed by atoms with Crippen molar-refractivity contribution in [3.63, 3.8) is 0 Å². The molecule has 0 saturated heterocycles. The summed E-state index contributed by atoms with van der Waals surface area (Å²) >= 11 is 1.64. The maximum Gasteiger partial charge on any atom is 0.183 e. The van der Waals surface area contributed by atoms with Crippen LogP contribution >= 0.6 is 11.3 Å². The Morgan fingerprint density at radius 3 is 2.95 bits per heavy atom. The van der Waals surface area contributed by atoms with E-state index in [2.05, 4.69) is 22.6 Å². The van der Waals surface area contributed by atoms with Gasteiger partial charge in [0, 0.05) is 23.9 Å². The number of ether oxygens (including phenoxy) is 2. The van der Waals surface area contributed by atoms with Gasteiger partial charge in [0.2, 0.25) is 0 Å². The van der Waals surface area contributed by atoms with Gasteiger partial charge in [-0.05, 0) is 24.6 Å². The third-order valence-corrected chi connectivity index (χ3v) is 4.15. The van der Waals surface area contributed by atoms with Gasteiger partial charge in [-0.2, -0.15) is 0 Å². The maximum atomic E-state index is 5.73. The number of aromatic nitrogens is 1. The van der Waals surface area contributed by atoms with Gasteiger partial charge in [-0.3, -0.25) is 0 Å². The van der Waals surface area contributed by atoms with E-state index < -0.39 is 0 Å². The van der Waals surface area contributed by atoms with Crippen LogP contribution in [0.15, 0.2) is 23.6 Å². The standard InChI is InChI=1S/C16H20N2O2S/c1-2-3-7-17-16-18-13(11-21-16)12-5-6-14-15(10-12)20-9-4-8-19-14/h5-6,10-11H,2-4,7-9H2,1H3,(H,17,18). The average molecular weight is 304 g/mol. The minimum absolute atomic E-state index is 0.706. The number of anilines is 1. The molecule has 112 valence electrons. The summed E-state index contributed by atoms with van der Waals surface area (Å²) in [6.07, 6.45) is 3.28. The molecule has 1 aromatic heterocycles. The van der Waals surface area contributed by atoms with Crippen LogP contribution < -0.4 is 14.8 Å². The summed E-state index contributed by atoms with van der Waals surface area (Å²) in [5.74, 6) is 1.64. The van der Waals surface area contributed by atoms with Gasteiger partial charge in [0.05, 0.1) is 18.9 Å². The van der Waals surface area contributed by atoms with Crippen LogP contribution in [-0.4, -0.2) is 24.7 Å². The highest BCUT2D eigenvalue weighted by atomic mass is 32.1. The van der Waals surface area contributed by atoms with Crippen molar-refractivity contribution < 1.29 is 9.47 Å². The molecule has 1 aliphatic heterocycles. The summed E-state index contributed by atoms with van der Waals surface area (Å²) in [5.41, 5.74) is 2.05. The van der Waals surface area contributed by atoms with Crippen molar-refractivity contribution >= 4 is 16.5 Å². The van der Waals surface area contributed by atoms with Gasteiger partial charge < -0.3 is 14.8 Å². The van der Waals surface area contributed by atoms with E-state index in [0.29, 0.717) is 13.2 Å². The smallest absolute Gasteiger partial charge is 0.183 e. The van der Waals surface area contributed by atoms with Crippen LogP contribution in [0.3, 0.4) is 0 Å². The number of thiazole rings is 1. The molecule has 0 spiro atoms. The van der Waals surface area contributed by atoms with Crippen LogP contribution in [0.4, 0.5) is 5.13 Å². The Bertz CT molecular complexity index is 598. The lowest BCUT2D eigenvalue weighted by molar-refractivity contribution is 0.297. The first-order chi connectivity index (χ1) is 10.4. The maximum absolute atomic E-state index is 5.73. The van der Waals surface area contributed by atoms with Crippen LogP contribution in [0, 0.1) is 0 Å². The number of unbranched alkanes of at least 4 members (excludes halogenated alkanes) is 1. The molecule has 2 heterocycles. The predicted molar refractivity (Wildman–Crippen MR) is 86.6 cm³/mol. The number of hydrogen-bond donors (Lipinski definition) is 1.